The Kier molecular flexibility index (Phi) is 6.81. The number of hydrogen-bond acceptors (Lipinski definition) is 7. The van der Waals surface area contributed by atoms with Crippen LogP contribution in [0.15, 0.2) is 44.7 Å². The van der Waals surface area contributed by atoms with Gasteiger partial charge in [0, 0.05) is 52.0 Å². The molecule has 2 unspecified atom stereocenters. The van der Waals surface area contributed by atoms with Gasteiger partial charge in [-0.2, -0.15) is 0 Å². The first-order chi connectivity index (χ1) is 17.7. The molecule has 4 heterocycles. The van der Waals surface area contributed by atoms with E-state index >= 15 is 0 Å². The van der Waals surface area contributed by atoms with Crippen molar-refractivity contribution >= 4 is 61.5 Å². The Morgan fingerprint density at radius 3 is 2.03 bits per heavy atom. The number of H-pyrrole nitrogens is 3. The second-order valence-electron chi connectivity index (χ2n) is 8.99. The molecule has 3 aromatic heterocycles. The van der Waals surface area contributed by atoms with Crippen molar-refractivity contribution in [2.45, 2.75) is 12.0 Å². The maximum atomic E-state index is 12.8. The number of guanidine groups is 1. The molecule has 194 valence electrons. The summed E-state index contributed by atoms with van der Waals surface area (Å²) in [6, 6.07) is 2.59. The summed E-state index contributed by atoms with van der Waals surface area (Å²) in [6.07, 6.45) is 4.95. The highest BCUT2D eigenvalue weighted by atomic mass is 79.9. The number of aliphatic imine (C=N–C) groups is 1. The fourth-order valence-corrected chi connectivity index (χ4v) is 5.91. The Bertz CT molecular complexity index is 1380. The SMILES string of the molecule is NC1=NC(C2[C@@H](c3cnc(N)[nH]3)[C@H](CNC(=O)c3cc(Br)c[nH]3)[C@H]2CNC(=O)c2cc(Br)c[nH]2)C(=O)N1. The van der Waals surface area contributed by atoms with E-state index < -0.39 is 6.04 Å². The molecule has 1 saturated carbocycles. The molecule has 0 saturated heterocycles. The Balaban J connectivity index is 1.41. The Labute approximate surface area is 227 Å². The monoisotopic (exact) mass is 634 g/mol. The van der Waals surface area contributed by atoms with Gasteiger partial charge < -0.3 is 37.1 Å². The number of rotatable bonds is 8. The lowest BCUT2D eigenvalue weighted by Crippen LogP contribution is -2.59. The Morgan fingerprint density at radius 2 is 1.57 bits per heavy atom. The Hall–Kier alpha value is -3.59. The molecule has 5 atom stereocenters. The van der Waals surface area contributed by atoms with Gasteiger partial charge in [-0.3, -0.25) is 19.7 Å². The van der Waals surface area contributed by atoms with Gasteiger partial charge in [0.1, 0.15) is 17.4 Å². The lowest BCUT2D eigenvalue weighted by molar-refractivity contribution is -0.124. The highest BCUT2D eigenvalue weighted by molar-refractivity contribution is 9.10. The van der Waals surface area contributed by atoms with Crippen LogP contribution in [0.25, 0.3) is 0 Å². The van der Waals surface area contributed by atoms with Crippen LogP contribution in [0, 0.1) is 17.8 Å². The van der Waals surface area contributed by atoms with Crippen LogP contribution in [0.3, 0.4) is 0 Å². The maximum absolute atomic E-state index is 12.8. The van der Waals surface area contributed by atoms with E-state index in [1.807, 2.05) is 0 Å². The first kappa shape index (κ1) is 25.1. The number of nitrogens with one attached hydrogen (secondary N) is 6. The molecule has 3 aromatic rings. The molecule has 3 amide bonds. The van der Waals surface area contributed by atoms with Gasteiger partial charge in [-0.25, -0.2) is 9.98 Å². The molecule has 1 aliphatic carbocycles. The number of halogens is 2. The topological polar surface area (TPSA) is 212 Å². The van der Waals surface area contributed by atoms with Gasteiger partial charge in [0.05, 0.1) is 6.20 Å². The number of amides is 3. The first-order valence-corrected chi connectivity index (χ1v) is 13.0. The lowest BCUT2D eigenvalue weighted by atomic mass is 9.53. The fraction of sp³-hybridized carbons (Fsp3) is 0.318. The van der Waals surface area contributed by atoms with E-state index in [9.17, 15) is 14.4 Å². The van der Waals surface area contributed by atoms with Crippen LogP contribution in [0.4, 0.5) is 5.95 Å². The van der Waals surface area contributed by atoms with Crippen molar-refractivity contribution in [2.24, 2.45) is 28.5 Å². The quantitative estimate of drug-likeness (QED) is 0.179. The highest BCUT2D eigenvalue weighted by Gasteiger charge is 2.57. The predicted octanol–water partition coefficient (Wildman–Crippen LogP) is 0.792. The van der Waals surface area contributed by atoms with E-state index in [-0.39, 0.29) is 66.4 Å². The third kappa shape index (κ3) is 5.00. The molecule has 0 bridgehead atoms. The van der Waals surface area contributed by atoms with Gasteiger partial charge >= 0.3 is 0 Å². The summed E-state index contributed by atoms with van der Waals surface area (Å²) in [7, 11) is 0. The Morgan fingerprint density at radius 1 is 0.973 bits per heavy atom. The van der Waals surface area contributed by atoms with Crippen LogP contribution in [-0.2, 0) is 4.79 Å². The third-order valence-corrected chi connectivity index (χ3v) is 7.75. The van der Waals surface area contributed by atoms with Gasteiger partial charge in [-0.05, 0) is 55.8 Å². The number of aromatic nitrogens is 4. The van der Waals surface area contributed by atoms with E-state index in [2.05, 4.69) is 72.7 Å². The number of anilines is 1. The second-order valence-corrected chi connectivity index (χ2v) is 10.8. The van der Waals surface area contributed by atoms with Gasteiger partial charge in [-0.1, -0.05) is 0 Å². The second kappa shape index (κ2) is 10.0. The zero-order valence-electron chi connectivity index (χ0n) is 19.2. The number of imidazole rings is 1. The van der Waals surface area contributed by atoms with Crippen molar-refractivity contribution in [3.63, 3.8) is 0 Å². The van der Waals surface area contributed by atoms with Crippen molar-refractivity contribution in [1.29, 1.82) is 0 Å². The van der Waals surface area contributed by atoms with Gasteiger partial charge in [0.25, 0.3) is 17.7 Å². The molecule has 15 heteroatoms. The summed E-state index contributed by atoms with van der Waals surface area (Å²) in [5.41, 5.74) is 13.2. The molecular formula is C22H24Br2N10O3. The van der Waals surface area contributed by atoms with Crippen LogP contribution in [0.5, 0.6) is 0 Å². The van der Waals surface area contributed by atoms with Crippen LogP contribution < -0.4 is 27.4 Å². The average Bonchev–Trinajstić information content (AvgIpc) is 3.63. The molecular weight excluding hydrogens is 612 g/mol. The van der Waals surface area contributed by atoms with Gasteiger partial charge in [-0.15, -0.1) is 0 Å². The molecule has 0 aromatic carbocycles. The molecule has 0 spiro atoms. The zero-order chi connectivity index (χ0) is 26.3. The predicted molar refractivity (Wildman–Crippen MR) is 141 cm³/mol. The number of aromatic amines is 3. The molecule has 1 aliphatic heterocycles. The van der Waals surface area contributed by atoms with E-state index in [1.165, 1.54) is 0 Å². The maximum Gasteiger partial charge on any atom is 0.267 e. The third-order valence-electron chi connectivity index (χ3n) is 6.84. The molecule has 2 aliphatic rings. The zero-order valence-corrected chi connectivity index (χ0v) is 22.4. The van der Waals surface area contributed by atoms with E-state index in [1.54, 1.807) is 30.7 Å². The number of nitrogens with zero attached hydrogens (tertiary/aromatic N) is 2. The lowest BCUT2D eigenvalue weighted by Gasteiger charge is -2.53. The van der Waals surface area contributed by atoms with Crippen molar-refractivity contribution in [3.05, 3.63) is 56.8 Å². The molecule has 13 nitrogen and oxygen atoms in total. The summed E-state index contributed by atoms with van der Waals surface area (Å²) in [4.78, 5) is 55.6. The van der Waals surface area contributed by atoms with Crippen LogP contribution in [-0.4, -0.2) is 62.7 Å². The van der Waals surface area contributed by atoms with Crippen molar-refractivity contribution in [2.75, 3.05) is 18.8 Å². The molecule has 5 rings (SSSR count). The smallest absolute Gasteiger partial charge is 0.267 e. The van der Waals surface area contributed by atoms with Crippen LogP contribution >= 0.6 is 31.9 Å². The number of nitrogen functional groups attached to an aromatic ring is 1. The minimum Gasteiger partial charge on any atom is -0.370 e. The van der Waals surface area contributed by atoms with E-state index in [0.29, 0.717) is 17.1 Å². The molecule has 10 N–H and O–H groups in total. The normalized spacial score (nSPS) is 24.8. The highest BCUT2D eigenvalue weighted by Crippen LogP contribution is 2.54. The minimum absolute atomic E-state index is 0.0472. The number of carbonyl (C=O) groups excluding carboxylic acids is 3. The van der Waals surface area contributed by atoms with Crippen molar-refractivity contribution < 1.29 is 14.4 Å². The van der Waals surface area contributed by atoms with Crippen molar-refractivity contribution in [1.82, 2.24) is 35.9 Å². The summed E-state index contributed by atoms with van der Waals surface area (Å²) < 4.78 is 1.51. The average molecular weight is 636 g/mol. The van der Waals surface area contributed by atoms with Crippen LogP contribution in [0.2, 0.25) is 0 Å². The molecule has 0 radical (unpaired) electrons. The van der Waals surface area contributed by atoms with Crippen LogP contribution in [0.1, 0.15) is 32.6 Å². The van der Waals surface area contributed by atoms with Gasteiger partial charge in [0.15, 0.2) is 11.9 Å². The molecule has 37 heavy (non-hydrogen) atoms. The van der Waals surface area contributed by atoms with Gasteiger partial charge in [0.2, 0.25) is 0 Å². The van der Waals surface area contributed by atoms with E-state index in [4.69, 9.17) is 11.5 Å². The number of hydrogen-bond donors (Lipinski definition) is 8. The summed E-state index contributed by atoms with van der Waals surface area (Å²) in [5, 5.41) is 8.47. The van der Waals surface area contributed by atoms with E-state index in [0.717, 1.165) is 8.95 Å². The molecule has 1 fully saturated rings. The standard InChI is InChI=1S/C22H24Br2N10O3/c23-8-1-12(27-3-8)18(35)29-5-10-11(6-30-19(36)13-2-9(24)4-28-13)16(17-20(37)34-22(26)33-17)15(10)14-7-31-21(25)32-14/h1-4,7,10-11,15-17,27-28H,5-6H2,(H,29,35)(H,30,36)(H3,25,31,32)(H3,26,33,34,37)/t10-,11-,15-,16?,17?/m1/s1. The largest absolute Gasteiger partial charge is 0.370 e. The summed E-state index contributed by atoms with van der Waals surface area (Å²) in [6.45, 7) is 0.520. The first-order valence-electron chi connectivity index (χ1n) is 11.4. The summed E-state index contributed by atoms with van der Waals surface area (Å²) >= 11 is 6.65. The number of nitrogens with two attached hydrogens (primary N) is 2. The summed E-state index contributed by atoms with van der Waals surface area (Å²) in [5.74, 6) is -1.60. The minimum atomic E-state index is -0.762. The number of carbonyl (C=O) groups is 3. The van der Waals surface area contributed by atoms with Crippen molar-refractivity contribution in [3.8, 4) is 0 Å². The fourth-order valence-electron chi connectivity index (χ4n) is 5.22.